The first kappa shape index (κ1) is 30.3. The van der Waals surface area contributed by atoms with Gasteiger partial charge in [0.2, 0.25) is 0 Å². The third kappa shape index (κ3) is 4.14. The Hall–Kier alpha value is -1.18. The molecular formula is C33H54O7. The van der Waals surface area contributed by atoms with Gasteiger partial charge in [0.25, 0.3) is 0 Å². The van der Waals surface area contributed by atoms with Gasteiger partial charge in [0.05, 0.1) is 12.2 Å². The van der Waals surface area contributed by atoms with E-state index in [0.29, 0.717) is 30.1 Å². The molecule has 0 aromatic rings. The Morgan fingerprint density at radius 3 is 2.23 bits per heavy atom. The number of aliphatic hydroxyl groups excluding tert-OH is 2. The first-order chi connectivity index (χ1) is 18.4. The third-order valence-electron chi connectivity index (χ3n) is 13.5. The molecule has 40 heavy (non-hydrogen) atoms. The third-order valence-corrected chi connectivity index (χ3v) is 13.5. The molecule has 7 heteroatoms. The van der Waals surface area contributed by atoms with Crippen molar-refractivity contribution in [2.45, 2.75) is 149 Å². The number of aliphatic hydroxyl groups is 2. The first-order valence-electron chi connectivity index (χ1n) is 15.9. The molecule has 0 aromatic heterocycles. The predicted molar refractivity (Wildman–Crippen MR) is 151 cm³/mol. The van der Waals surface area contributed by atoms with Crippen molar-refractivity contribution < 1.29 is 34.0 Å². The molecule has 13 unspecified atom stereocenters. The number of hydrogen-bond acceptors (Lipinski definition) is 7. The standard InChI is InChI=1S/C33H54O7/c1-18(19(2)29(5,6)39-21(4)35)28(38-20(3)34)32(9)33(40-32)27(37)17-26-24-11-10-22-16-23(36)12-14-30(22,7)25(24)13-15-31(26,33)8/h18-19,22-28,36-37H,10-17H2,1-9H3. The summed E-state index contributed by atoms with van der Waals surface area (Å²) in [5.41, 5.74) is -2.36. The highest BCUT2D eigenvalue weighted by atomic mass is 16.7. The van der Waals surface area contributed by atoms with Crippen molar-refractivity contribution in [3.05, 3.63) is 0 Å². The van der Waals surface area contributed by atoms with Crippen LogP contribution in [0.4, 0.5) is 0 Å². The number of carbonyl (C=O) groups is 2. The van der Waals surface area contributed by atoms with Crippen LogP contribution >= 0.6 is 0 Å². The van der Waals surface area contributed by atoms with Crippen molar-refractivity contribution >= 4 is 11.9 Å². The molecule has 1 saturated heterocycles. The first-order valence-corrected chi connectivity index (χ1v) is 15.9. The van der Waals surface area contributed by atoms with Gasteiger partial charge in [0, 0.05) is 31.1 Å². The fourth-order valence-electron chi connectivity index (χ4n) is 11.2. The second kappa shape index (κ2) is 9.67. The minimum Gasteiger partial charge on any atom is -0.460 e. The molecule has 5 fully saturated rings. The maximum absolute atomic E-state index is 12.5. The van der Waals surface area contributed by atoms with Crippen LogP contribution < -0.4 is 0 Å². The largest absolute Gasteiger partial charge is 0.460 e. The van der Waals surface area contributed by atoms with Gasteiger partial charge in [0.15, 0.2) is 0 Å². The maximum atomic E-state index is 12.5. The zero-order valence-electron chi connectivity index (χ0n) is 26.3. The number of rotatable bonds is 6. The van der Waals surface area contributed by atoms with Crippen LogP contribution in [0.1, 0.15) is 114 Å². The highest BCUT2D eigenvalue weighted by Crippen LogP contribution is 2.77. The number of fused-ring (bicyclic) bond motifs is 6. The molecule has 1 heterocycles. The van der Waals surface area contributed by atoms with Gasteiger partial charge in [0.1, 0.15) is 22.9 Å². The summed E-state index contributed by atoms with van der Waals surface area (Å²) in [4.78, 5) is 24.3. The van der Waals surface area contributed by atoms with Gasteiger partial charge in [-0.25, -0.2) is 0 Å². The smallest absolute Gasteiger partial charge is 0.303 e. The van der Waals surface area contributed by atoms with E-state index in [0.717, 1.165) is 44.9 Å². The van der Waals surface area contributed by atoms with Crippen LogP contribution in [0.15, 0.2) is 0 Å². The fourth-order valence-corrected chi connectivity index (χ4v) is 11.2. The molecule has 13 atom stereocenters. The van der Waals surface area contributed by atoms with Gasteiger partial charge in [-0.05, 0) is 101 Å². The Balaban J connectivity index is 1.45. The molecule has 7 nitrogen and oxygen atoms in total. The molecule has 1 aliphatic heterocycles. The van der Waals surface area contributed by atoms with Crippen LogP contribution in [-0.2, 0) is 23.8 Å². The highest BCUT2D eigenvalue weighted by molar-refractivity contribution is 5.67. The molecule has 5 aliphatic rings. The normalized spacial score (nSPS) is 48.3. The predicted octanol–water partition coefficient (Wildman–Crippen LogP) is 5.43. The van der Waals surface area contributed by atoms with E-state index in [4.69, 9.17) is 14.2 Å². The minimum atomic E-state index is -0.843. The molecule has 0 radical (unpaired) electrons. The van der Waals surface area contributed by atoms with Crippen LogP contribution in [0.2, 0.25) is 0 Å². The zero-order valence-corrected chi connectivity index (χ0v) is 26.3. The summed E-state index contributed by atoms with van der Waals surface area (Å²) in [5, 5.41) is 22.3. The van der Waals surface area contributed by atoms with Gasteiger partial charge in [-0.1, -0.05) is 27.7 Å². The lowest BCUT2D eigenvalue weighted by atomic mass is 9.44. The average molecular weight is 563 g/mol. The van der Waals surface area contributed by atoms with Gasteiger partial charge < -0.3 is 24.4 Å². The van der Waals surface area contributed by atoms with Gasteiger partial charge >= 0.3 is 11.9 Å². The van der Waals surface area contributed by atoms with Crippen molar-refractivity contribution in [3.8, 4) is 0 Å². The number of esters is 2. The Morgan fingerprint density at radius 1 is 0.925 bits per heavy atom. The van der Waals surface area contributed by atoms with Crippen molar-refractivity contribution in [1.29, 1.82) is 0 Å². The summed E-state index contributed by atoms with van der Waals surface area (Å²) in [6, 6.07) is 0. The van der Waals surface area contributed by atoms with Gasteiger partial charge in [-0.2, -0.15) is 0 Å². The van der Waals surface area contributed by atoms with E-state index in [1.807, 2.05) is 34.6 Å². The van der Waals surface area contributed by atoms with E-state index >= 15 is 0 Å². The van der Waals surface area contributed by atoms with E-state index in [1.54, 1.807) is 0 Å². The Labute approximate surface area is 241 Å². The van der Waals surface area contributed by atoms with Crippen molar-refractivity contribution in [3.63, 3.8) is 0 Å². The van der Waals surface area contributed by atoms with Crippen LogP contribution in [0.5, 0.6) is 0 Å². The maximum Gasteiger partial charge on any atom is 0.303 e. The van der Waals surface area contributed by atoms with Crippen LogP contribution in [-0.4, -0.2) is 57.3 Å². The zero-order chi connectivity index (χ0) is 29.6. The lowest BCUT2D eigenvalue weighted by Gasteiger charge is -2.60. The summed E-state index contributed by atoms with van der Waals surface area (Å²) < 4.78 is 18.6. The Morgan fingerprint density at radius 2 is 1.60 bits per heavy atom. The van der Waals surface area contributed by atoms with Crippen LogP contribution in [0.3, 0.4) is 0 Å². The second-order valence-electron chi connectivity index (χ2n) is 15.6. The number of hydrogen-bond donors (Lipinski definition) is 2. The van der Waals surface area contributed by atoms with E-state index in [1.165, 1.54) is 13.8 Å². The average Bonchev–Trinajstić information content (AvgIpc) is 3.44. The molecule has 2 N–H and O–H groups in total. The van der Waals surface area contributed by atoms with Crippen molar-refractivity contribution in [1.82, 2.24) is 0 Å². The second-order valence-corrected chi connectivity index (χ2v) is 15.6. The van der Waals surface area contributed by atoms with Crippen molar-refractivity contribution in [2.24, 2.45) is 46.3 Å². The molecule has 228 valence electrons. The van der Waals surface area contributed by atoms with E-state index in [2.05, 4.69) is 13.8 Å². The summed E-state index contributed by atoms with van der Waals surface area (Å²) >= 11 is 0. The molecule has 0 bridgehead atoms. The molecule has 4 aliphatic carbocycles. The molecule has 1 spiro atoms. The van der Waals surface area contributed by atoms with Gasteiger partial charge in [-0.15, -0.1) is 0 Å². The Kier molecular flexibility index (Phi) is 7.32. The van der Waals surface area contributed by atoms with Crippen molar-refractivity contribution in [2.75, 3.05) is 0 Å². The summed E-state index contributed by atoms with van der Waals surface area (Å²) in [7, 11) is 0. The topological polar surface area (TPSA) is 106 Å². The summed E-state index contributed by atoms with van der Waals surface area (Å²) in [6.45, 7) is 17.6. The number of carbonyl (C=O) groups excluding carboxylic acids is 2. The minimum absolute atomic E-state index is 0.131. The molecule has 5 rings (SSSR count). The summed E-state index contributed by atoms with van der Waals surface area (Å²) in [5.74, 6) is 1.04. The quantitative estimate of drug-likeness (QED) is 0.328. The summed E-state index contributed by atoms with van der Waals surface area (Å²) in [6.07, 6.45) is 6.64. The molecular weight excluding hydrogens is 508 g/mol. The molecule has 4 saturated carbocycles. The highest BCUT2D eigenvalue weighted by Gasteiger charge is 2.86. The SMILES string of the molecule is CC(=O)OC(C(C)C(C)C(C)(C)OC(C)=O)C1(C)OC12C(O)CC1C3CCC4CC(O)CCC4(C)C3CCC12C. The molecule has 0 aromatic carbocycles. The van der Waals surface area contributed by atoms with E-state index < -0.39 is 29.0 Å². The van der Waals surface area contributed by atoms with Crippen LogP contribution in [0, 0.1) is 46.3 Å². The Bertz CT molecular complexity index is 1030. The lowest BCUT2D eigenvalue weighted by molar-refractivity contribution is -0.169. The number of ether oxygens (including phenoxy) is 3. The lowest BCUT2D eigenvalue weighted by Crippen LogP contribution is -2.58. The number of epoxide rings is 1. The monoisotopic (exact) mass is 562 g/mol. The van der Waals surface area contributed by atoms with E-state index in [-0.39, 0.29) is 40.7 Å². The fraction of sp³-hybridized carbons (Fsp3) is 0.939. The van der Waals surface area contributed by atoms with E-state index in [9.17, 15) is 19.8 Å². The van der Waals surface area contributed by atoms with Crippen LogP contribution in [0.25, 0.3) is 0 Å². The molecule has 0 amide bonds. The van der Waals surface area contributed by atoms with Gasteiger partial charge in [-0.3, -0.25) is 9.59 Å².